The highest BCUT2D eigenvalue weighted by atomic mass is 32.1. The predicted molar refractivity (Wildman–Crippen MR) is 90.4 cm³/mol. The van der Waals surface area contributed by atoms with E-state index < -0.39 is 0 Å². The summed E-state index contributed by atoms with van der Waals surface area (Å²) in [6.45, 7) is 5.70. The Hall–Kier alpha value is -1.46. The van der Waals surface area contributed by atoms with E-state index in [0.29, 0.717) is 0 Å². The quantitative estimate of drug-likeness (QED) is 0.871. The van der Waals surface area contributed by atoms with Crippen molar-refractivity contribution < 1.29 is 4.90 Å². The predicted octanol–water partition coefficient (Wildman–Crippen LogP) is 1.81. The van der Waals surface area contributed by atoms with E-state index in [9.17, 15) is 0 Å². The van der Waals surface area contributed by atoms with E-state index in [2.05, 4.69) is 31.2 Å². The maximum atomic E-state index is 5.57. The second-order valence-corrected chi connectivity index (χ2v) is 6.88. The van der Waals surface area contributed by atoms with Crippen molar-refractivity contribution in [3.05, 3.63) is 46.5 Å². The number of likely N-dealkylation sites (tertiary alicyclic amines) is 1. The Balaban J connectivity index is 1.73. The van der Waals surface area contributed by atoms with E-state index in [1.54, 1.807) is 4.90 Å². The van der Waals surface area contributed by atoms with Gasteiger partial charge in [-0.3, -0.25) is 0 Å². The highest BCUT2D eigenvalue weighted by Crippen LogP contribution is 2.09. The van der Waals surface area contributed by atoms with Gasteiger partial charge in [-0.15, -0.1) is 0 Å². The third-order valence-corrected chi connectivity index (χ3v) is 5.18. The zero-order valence-electron chi connectivity index (χ0n) is 13.5. The molecule has 1 aliphatic heterocycles. The summed E-state index contributed by atoms with van der Waals surface area (Å²) in [5, 5.41) is 4.77. The van der Waals surface area contributed by atoms with Gasteiger partial charge in [0.2, 0.25) is 4.77 Å². The molecule has 22 heavy (non-hydrogen) atoms. The number of nitrogens with zero attached hydrogens (tertiary/aromatic N) is 3. The first-order chi connectivity index (χ1) is 10.6. The van der Waals surface area contributed by atoms with E-state index in [4.69, 9.17) is 17.3 Å². The molecule has 1 fully saturated rings. The first-order valence-electron chi connectivity index (χ1n) is 8.13. The fourth-order valence-corrected chi connectivity index (χ4v) is 3.32. The van der Waals surface area contributed by atoms with Crippen molar-refractivity contribution >= 4 is 12.2 Å². The van der Waals surface area contributed by atoms with E-state index in [0.717, 1.165) is 29.6 Å². The molecule has 0 spiro atoms. The fraction of sp³-hybridized carbons (Fsp3) is 0.529. The molecule has 0 unspecified atom stereocenters. The van der Waals surface area contributed by atoms with Crippen LogP contribution in [0, 0.1) is 10.7 Å². The molecular weight excluding hydrogens is 292 g/mol. The van der Waals surface area contributed by atoms with E-state index in [1.165, 1.54) is 31.5 Å². The zero-order valence-corrected chi connectivity index (χ0v) is 14.3. The largest absolute Gasteiger partial charge is 0.316 e. The molecular formula is C17H25N4S+. The standard InChI is InChI=1S/C17H24N4S/c1-14-8-10-20(11-9-14)13-21-17(22)19(2)16(18-21)12-15-6-4-3-5-7-15/h3-7,14H,8-13H2,1-2H3/p+1. The third kappa shape index (κ3) is 3.47. The van der Waals surface area contributed by atoms with Crippen molar-refractivity contribution in [2.45, 2.75) is 32.9 Å². The first-order valence-corrected chi connectivity index (χ1v) is 8.54. The minimum absolute atomic E-state index is 0.831. The van der Waals surface area contributed by atoms with Crippen LogP contribution < -0.4 is 4.90 Å². The molecule has 1 aromatic carbocycles. The number of nitrogens with one attached hydrogen (secondary N) is 1. The van der Waals surface area contributed by atoms with Crippen LogP contribution in [0.2, 0.25) is 0 Å². The van der Waals surface area contributed by atoms with Crippen LogP contribution in [0.3, 0.4) is 0 Å². The Bertz CT molecular complexity index is 666. The van der Waals surface area contributed by atoms with Crippen LogP contribution in [0.25, 0.3) is 0 Å². The molecule has 1 saturated heterocycles. The van der Waals surface area contributed by atoms with Gasteiger partial charge in [0.1, 0.15) is 5.82 Å². The lowest BCUT2D eigenvalue weighted by atomic mass is 10.00. The molecule has 2 aromatic rings. The molecule has 0 saturated carbocycles. The third-order valence-electron chi connectivity index (χ3n) is 4.69. The van der Waals surface area contributed by atoms with Gasteiger partial charge >= 0.3 is 0 Å². The summed E-state index contributed by atoms with van der Waals surface area (Å²) in [5.74, 6) is 1.91. The molecule has 1 aromatic heterocycles. The minimum atomic E-state index is 0.831. The summed E-state index contributed by atoms with van der Waals surface area (Å²) in [6.07, 6.45) is 3.46. The van der Waals surface area contributed by atoms with Crippen molar-refractivity contribution in [3.8, 4) is 0 Å². The lowest BCUT2D eigenvalue weighted by Gasteiger charge is -2.26. The van der Waals surface area contributed by atoms with Crippen LogP contribution in [-0.2, 0) is 20.1 Å². The van der Waals surface area contributed by atoms with Gasteiger partial charge in [0.25, 0.3) is 0 Å². The summed E-state index contributed by atoms with van der Waals surface area (Å²) >= 11 is 5.57. The lowest BCUT2D eigenvalue weighted by Crippen LogP contribution is -3.12. The SMILES string of the molecule is CC1CC[NH+](Cn2nc(Cc3ccccc3)n(C)c2=S)CC1. The number of aromatic nitrogens is 3. The van der Waals surface area contributed by atoms with Crippen molar-refractivity contribution in [1.29, 1.82) is 0 Å². The van der Waals surface area contributed by atoms with Gasteiger partial charge in [0.15, 0.2) is 6.67 Å². The summed E-state index contributed by atoms with van der Waals surface area (Å²) in [6, 6.07) is 10.5. The average Bonchev–Trinajstić information content (AvgIpc) is 2.79. The molecule has 2 heterocycles. The Morgan fingerprint density at radius 2 is 1.91 bits per heavy atom. The van der Waals surface area contributed by atoms with Crippen LogP contribution in [0.1, 0.15) is 31.2 Å². The van der Waals surface area contributed by atoms with Crippen molar-refractivity contribution in [1.82, 2.24) is 14.3 Å². The number of benzene rings is 1. The molecule has 0 radical (unpaired) electrons. The minimum Gasteiger partial charge on any atom is -0.316 e. The van der Waals surface area contributed by atoms with Crippen LogP contribution in [0.4, 0.5) is 0 Å². The fourth-order valence-electron chi connectivity index (χ4n) is 3.11. The number of hydrogen-bond donors (Lipinski definition) is 1. The molecule has 4 nitrogen and oxygen atoms in total. The van der Waals surface area contributed by atoms with E-state index >= 15 is 0 Å². The smallest absolute Gasteiger partial charge is 0.202 e. The summed E-state index contributed by atoms with van der Waals surface area (Å²) in [7, 11) is 2.03. The van der Waals surface area contributed by atoms with Crippen LogP contribution in [-0.4, -0.2) is 27.4 Å². The van der Waals surface area contributed by atoms with Crippen LogP contribution >= 0.6 is 12.2 Å². The van der Waals surface area contributed by atoms with Crippen molar-refractivity contribution in [2.24, 2.45) is 13.0 Å². The summed E-state index contributed by atoms with van der Waals surface area (Å²) in [4.78, 5) is 1.60. The van der Waals surface area contributed by atoms with Crippen molar-refractivity contribution in [3.63, 3.8) is 0 Å². The molecule has 0 atom stereocenters. The Morgan fingerprint density at radius 3 is 2.59 bits per heavy atom. The molecule has 0 bridgehead atoms. The van der Waals surface area contributed by atoms with Gasteiger partial charge in [-0.1, -0.05) is 37.3 Å². The maximum absolute atomic E-state index is 5.57. The highest BCUT2D eigenvalue weighted by Gasteiger charge is 2.20. The van der Waals surface area contributed by atoms with Gasteiger partial charge in [-0.25, -0.2) is 0 Å². The second kappa shape index (κ2) is 6.75. The van der Waals surface area contributed by atoms with Gasteiger partial charge < -0.3 is 9.47 Å². The Morgan fingerprint density at radius 1 is 1.23 bits per heavy atom. The number of hydrogen-bond acceptors (Lipinski definition) is 2. The van der Waals surface area contributed by atoms with Crippen LogP contribution in [0.5, 0.6) is 0 Å². The van der Waals surface area contributed by atoms with Crippen LogP contribution in [0.15, 0.2) is 30.3 Å². The summed E-state index contributed by atoms with van der Waals surface area (Å²) in [5.41, 5.74) is 1.27. The maximum Gasteiger partial charge on any atom is 0.202 e. The number of quaternary nitrogens is 1. The Kier molecular flexibility index (Phi) is 4.74. The van der Waals surface area contributed by atoms with Gasteiger partial charge in [-0.2, -0.15) is 9.78 Å². The molecule has 5 heteroatoms. The normalized spacial score (nSPS) is 21.9. The molecule has 3 rings (SSSR count). The monoisotopic (exact) mass is 317 g/mol. The lowest BCUT2D eigenvalue weighted by molar-refractivity contribution is -0.929. The molecule has 0 amide bonds. The topological polar surface area (TPSA) is 27.2 Å². The molecule has 1 N–H and O–H groups in total. The van der Waals surface area contributed by atoms with Gasteiger partial charge in [-0.05, 0) is 36.5 Å². The van der Waals surface area contributed by atoms with E-state index in [-0.39, 0.29) is 0 Å². The average molecular weight is 317 g/mol. The molecule has 118 valence electrons. The highest BCUT2D eigenvalue weighted by molar-refractivity contribution is 7.71. The number of piperidine rings is 1. The second-order valence-electron chi connectivity index (χ2n) is 6.51. The first kappa shape index (κ1) is 15.4. The Labute approximate surface area is 137 Å². The molecule has 0 aliphatic carbocycles. The van der Waals surface area contributed by atoms with Crippen molar-refractivity contribution in [2.75, 3.05) is 13.1 Å². The summed E-state index contributed by atoms with van der Waals surface area (Å²) < 4.78 is 4.89. The zero-order chi connectivity index (χ0) is 15.5. The number of rotatable bonds is 4. The van der Waals surface area contributed by atoms with Gasteiger partial charge in [0.05, 0.1) is 13.1 Å². The molecule has 1 aliphatic rings. The van der Waals surface area contributed by atoms with E-state index in [1.807, 2.05) is 22.4 Å². The van der Waals surface area contributed by atoms with Gasteiger partial charge in [0, 0.05) is 13.5 Å².